The minimum Gasteiger partial charge on any atom is -0.633 e. The maximum absolute atomic E-state index is 11.8. The Morgan fingerprint density at radius 2 is 1.93 bits per heavy atom. The molecule has 2 atom stereocenters. The number of hydrogen-bond donors (Lipinski definition) is 1. The number of hydroxylamine groups is 2. The highest BCUT2D eigenvalue weighted by atomic mass is 32.2. The van der Waals surface area contributed by atoms with Gasteiger partial charge in [-0.1, -0.05) is 18.2 Å². The van der Waals surface area contributed by atoms with E-state index in [-0.39, 0.29) is 9.96 Å². The lowest BCUT2D eigenvalue weighted by molar-refractivity contribution is -0.903. The van der Waals surface area contributed by atoms with Crippen molar-refractivity contribution in [3.05, 3.63) is 35.5 Å². The van der Waals surface area contributed by atoms with E-state index in [1.807, 2.05) is 0 Å². The van der Waals surface area contributed by atoms with Crippen LogP contribution in [-0.2, 0) is 9.84 Å². The van der Waals surface area contributed by atoms with E-state index in [4.69, 9.17) is 0 Å². The van der Waals surface area contributed by atoms with Crippen LogP contribution in [0.15, 0.2) is 35.2 Å². The molecule has 0 spiro atoms. The third kappa shape index (κ3) is 1.43. The Kier molecular flexibility index (Phi) is 2.30. The Balaban J connectivity index is 2.34. The number of quaternary nitrogens is 1. The molecule has 0 amide bonds. The number of hydrogen-bond acceptors (Lipinski definition) is 3. The fourth-order valence-electron chi connectivity index (χ4n) is 1.48. The summed E-state index contributed by atoms with van der Waals surface area (Å²) < 4.78 is 23.6. The first kappa shape index (κ1) is 9.64. The molecule has 1 aliphatic heterocycles. The lowest BCUT2D eigenvalue weighted by Crippen LogP contribution is -3.18. The molecule has 0 aliphatic carbocycles. The molecule has 0 aromatic heterocycles. The van der Waals surface area contributed by atoms with Crippen LogP contribution in [0.1, 0.15) is 6.42 Å². The van der Waals surface area contributed by atoms with Crippen molar-refractivity contribution >= 4 is 9.84 Å². The van der Waals surface area contributed by atoms with Gasteiger partial charge in [0.15, 0.2) is 5.37 Å². The van der Waals surface area contributed by atoms with E-state index >= 15 is 0 Å². The topological polar surface area (TPSA) is 61.6 Å². The molecular formula is C9H11NO3S. The molecule has 1 aromatic carbocycles. The van der Waals surface area contributed by atoms with Crippen molar-refractivity contribution in [1.82, 2.24) is 0 Å². The average molecular weight is 213 g/mol. The minimum atomic E-state index is -3.40. The number of nitrogens with one attached hydrogen (secondary N) is 1. The maximum atomic E-state index is 11.8. The second kappa shape index (κ2) is 3.34. The molecule has 1 heterocycles. The molecule has 14 heavy (non-hydrogen) atoms. The molecule has 1 fully saturated rings. The Morgan fingerprint density at radius 1 is 1.29 bits per heavy atom. The summed E-state index contributed by atoms with van der Waals surface area (Å²) in [6, 6.07) is 8.13. The fourth-order valence-corrected chi connectivity index (χ4v) is 3.24. The summed E-state index contributed by atoms with van der Waals surface area (Å²) in [6.45, 7) is 0.400. The quantitative estimate of drug-likeness (QED) is 0.678. The highest BCUT2D eigenvalue weighted by Gasteiger charge is 2.39. The van der Waals surface area contributed by atoms with Gasteiger partial charge in [0.2, 0.25) is 9.84 Å². The molecule has 1 aliphatic rings. The highest BCUT2D eigenvalue weighted by molar-refractivity contribution is 7.91. The standard InChI is InChI=1S/C9H11NO3S/c11-10-7-6-9(10)14(12,13)8-4-2-1-3-5-8/h1-5,9-10H,6-7H2. The number of rotatable bonds is 2. The maximum Gasteiger partial charge on any atom is 0.232 e. The van der Waals surface area contributed by atoms with E-state index in [1.54, 1.807) is 18.2 Å². The molecule has 0 radical (unpaired) electrons. The smallest absolute Gasteiger partial charge is 0.232 e. The van der Waals surface area contributed by atoms with E-state index < -0.39 is 15.2 Å². The van der Waals surface area contributed by atoms with Crippen molar-refractivity contribution in [2.45, 2.75) is 16.7 Å². The van der Waals surface area contributed by atoms with Crippen LogP contribution in [0, 0.1) is 5.21 Å². The third-order valence-corrected chi connectivity index (χ3v) is 4.64. The van der Waals surface area contributed by atoms with Crippen molar-refractivity contribution in [2.24, 2.45) is 0 Å². The van der Waals surface area contributed by atoms with Crippen molar-refractivity contribution in [2.75, 3.05) is 6.54 Å². The van der Waals surface area contributed by atoms with E-state index in [0.29, 0.717) is 13.0 Å². The molecule has 5 heteroatoms. The molecule has 0 saturated carbocycles. The SMILES string of the molecule is O=S(=O)(c1ccccc1)C1CC[NH+]1[O-]. The van der Waals surface area contributed by atoms with Crippen molar-refractivity contribution in [3.63, 3.8) is 0 Å². The summed E-state index contributed by atoms with van der Waals surface area (Å²) >= 11 is 0. The van der Waals surface area contributed by atoms with Gasteiger partial charge >= 0.3 is 0 Å². The van der Waals surface area contributed by atoms with Gasteiger partial charge in [0.1, 0.15) is 0 Å². The molecule has 1 N–H and O–H groups in total. The van der Waals surface area contributed by atoms with Crippen molar-refractivity contribution in [3.8, 4) is 0 Å². The van der Waals surface area contributed by atoms with Crippen molar-refractivity contribution < 1.29 is 13.5 Å². The van der Waals surface area contributed by atoms with Crippen LogP contribution in [-0.4, -0.2) is 20.3 Å². The van der Waals surface area contributed by atoms with Crippen LogP contribution in [0.4, 0.5) is 0 Å². The van der Waals surface area contributed by atoms with E-state index in [2.05, 4.69) is 0 Å². The molecule has 0 bridgehead atoms. The summed E-state index contributed by atoms with van der Waals surface area (Å²) in [5.74, 6) is 0. The van der Waals surface area contributed by atoms with Gasteiger partial charge in [-0.15, -0.1) is 0 Å². The van der Waals surface area contributed by atoms with E-state index in [1.165, 1.54) is 12.1 Å². The van der Waals surface area contributed by atoms with Gasteiger partial charge in [-0.05, 0) is 12.1 Å². The van der Waals surface area contributed by atoms with Crippen LogP contribution in [0.2, 0.25) is 0 Å². The van der Waals surface area contributed by atoms with Crippen LogP contribution in [0.3, 0.4) is 0 Å². The molecule has 1 aromatic rings. The first-order valence-corrected chi connectivity index (χ1v) is 5.98. The van der Waals surface area contributed by atoms with Gasteiger partial charge in [0, 0.05) is 0 Å². The summed E-state index contributed by atoms with van der Waals surface area (Å²) in [5, 5.41) is 10.1. The predicted octanol–water partition coefficient (Wildman–Crippen LogP) is -0.427. The third-order valence-electron chi connectivity index (χ3n) is 2.46. The fraction of sp³-hybridized carbons (Fsp3) is 0.333. The first-order valence-electron chi connectivity index (χ1n) is 4.44. The van der Waals surface area contributed by atoms with Gasteiger partial charge in [-0.3, -0.25) is 0 Å². The lowest BCUT2D eigenvalue weighted by atomic mass is 10.3. The van der Waals surface area contributed by atoms with Crippen LogP contribution >= 0.6 is 0 Å². The summed E-state index contributed by atoms with van der Waals surface area (Å²) in [4.78, 5) is 0.248. The van der Waals surface area contributed by atoms with Crippen molar-refractivity contribution in [1.29, 1.82) is 0 Å². The molecule has 2 unspecified atom stereocenters. The monoisotopic (exact) mass is 213 g/mol. The molecule has 76 valence electrons. The van der Waals surface area contributed by atoms with E-state index in [0.717, 1.165) is 0 Å². The average Bonchev–Trinajstić information content (AvgIpc) is 2.16. The Hall–Kier alpha value is -0.910. The van der Waals surface area contributed by atoms with Crippen LogP contribution in [0.5, 0.6) is 0 Å². The predicted molar refractivity (Wildman–Crippen MR) is 51.2 cm³/mol. The minimum absolute atomic E-state index is 0.158. The summed E-state index contributed by atoms with van der Waals surface area (Å²) in [5.41, 5.74) is 0. The van der Waals surface area contributed by atoms with E-state index in [9.17, 15) is 13.6 Å². The zero-order chi connectivity index (χ0) is 10.2. The molecule has 2 rings (SSSR count). The zero-order valence-corrected chi connectivity index (χ0v) is 8.33. The van der Waals surface area contributed by atoms with Gasteiger partial charge in [0.05, 0.1) is 17.9 Å². The van der Waals surface area contributed by atoms with Gasteiger partial charge in [0.25, 0.3) is 0 Å². The second-order valence-corrected chi connectivity index (χ2v) is 5.48. The number of sulfone groups is 1. The second-order valence-electron chi connectivity index (χ2n) is 3.35. The first-order chi connectivity index (χ1) is 6.62. The lowest BCUT2D eigenvalue weighted by Gasteiger charge is -2.39. The Bertz CT molecular complexity index is 415. The van der Waals surface area contributed by atoms with Crippen LogP contribution < -0.4 is 5.06 Å². The highest BCUT2D eigenvalue weighted by Crippen LogP contribution is 2.16. The van der Waals surface area contributed by atoms with Gasteiger partial charge in [-0.2, -0.15) is 0 Å². The molecule has 1 saturated heterocycles. The number of benzene rings is 1. The Labute approximate surface area is 82.7 Å². The summed E-state index contributed by atoms with van der Waals surface area (Å²) in [6.07, 6.45) is 0.468. The molecular weight excluding hydrogens is 202 g/mol. The molecule has 4 nitrogen and oxygen atoms in total. The van der Waals surface area contributed by atoms with Gasteiger partial charge in [-0.25, -0.2) is 8.42 Å². The normalized spacial score (nSPS) is 26.9. The zero-order valence-electron chi connectivity index (χ0n) is 7.51. The summed E-state index contributed by atoms with van der Waals surface area (Å²) in [7, 11) is -3.40. The Morgan fingerprint density at radius 3 is 2.36 bits per heavy atom. The van der Waals surface area contributed by atoms with Crippen LogP contribution in [0.25, 0.3) is 0 Å². The largest absolute Gasteiger partial charge is 0.633 e. The van der Waals surface area contributed by atoms with Gasteiger partial charge < -0.3 is 10.3 Å².